The molecule has 6 nitrogen and oxygen atoms in total. The Morgan fingerprint density at radius 1 is 0.969 bits per heavy atom. The lowest BCUT2D eigenvalue weighted by molar-refractivity contribution is -0.0149. The Labute approximate surface area is 193 Å². The molecule has 3 rings (SSSR count). The van der Waals surface area contributed by atoms with Crippen LogP contribution in [0.1, 0.15) is 43.0 Å². The molecule has 0 aliphatic carbocycles. The lowest BCUT2D eigenvalue weighted by Crippen LogP contribution is -2.37. The van der Waals surface area contributed by atoms with Crippen LogP contribution < -0.4 is 10.6 Å². The number of guanidine groups is 1. The first kappa shape index (κ1) is 24.2. The third-order valence-corrected chi connectivity index (χ3v) is 5.41. The molecule has 32 heavy (non-hydrogen) atoms. The van der Waals surface area contributed by atoms with Crippen LogP contribution >= 0.6 is 0 Å². The molecule has 0 atom stereocenters. The molecule has 1 aliphatic rings. The summed E-state index contributed by atoms with van der Waals surface area (Å²) in [6, 6.07) is 17.1. The van der Waals surface area contributed by atoms with Gasteiger partial charge in [-0.05, 0) is 43.0 Å². The van der Waals surface area contributed by atoms with E-state index in [1.807, 2.05) is 7.05 Å². The Kier molecular flexibility index (Phi) is 9.09. The molecular formula is C26H38N4O2. The second kappa shape index (κ2) is 12.0. The fourth-order valence-corrected chi connectivity index (χ4v) is 3.60. The molecular weight excluding hydrogens is 400 g/mol. The first-order chi connectivity index (χ1) is 15.4. The summed E-state index contributed by atoms with van der Waals surface area (Å²) in [6.07, 6.45) is 0. The average Bonchev–Trinajstić information content (AvgIpc) is 2.79. The van der Waals surface area contributed by atoms with Gasteiger partial charge in [0.2, 0.25) is 0 Å². The van der Waals surface area contributed by atoms with Crippen molar-refractivity contribution in [1.82, 2.24) is 15.5 Å². The molecule has 6 heteroatoms. The molecule has 2 aromatic rings. The van der Waals surface area contributed by atoms with Gasteiger partial charge in [0, 0.05) is 39.8 Å². The number of hydrogen-bond donors (Lipinski definition) is 2. The van der Waals surface area contributed by atoms with E-state index in [4.69, 9.17) is 9.47 Å². The van der Waals surface area contributed by atoms with Gasteiger partial charge in [0.05, 0.1) is 25.4 Å². The predicted octanol–water partition coefficient (Wildman–Crippen LogP) is 3.70. The Morgan fingerprint density at radius 2 is 1.66 bits per heavy atom. The van der Waals surface area contributed by atoms with Crippen LogP contribution in [-0.4, -0.2) is 49.8 Å². The molecule has 0 aromatic heterocycles. The third kappa shape index (κ3) is 8.26. The minimum Gasteiger partial charge on any atom is -0.379 e. The van der Waals surface area contributed by atoms with Gasteiger partial charge < -0.3 is 20.1 Å². The number of nitrogens with one attached hydrogen (secondary N) is 2. The molecule has 1 aliphatic heterocycles. The number of rotatable bonds is 8. The minimum absolute atomic E-state index is 0.141. The highest BCUT2D eigenvalue weighted by Crippen LogP contribution is 2.14. The number of morpholine rings is 1. The second-order valence-corrected chi connectivity index (χ2v) is 9.16. The van der Waals surface area contributed by atoms with Crippen molar-refractivity contribution in [3.63, 3.8) is 0 Å². The number of aliphatic imine (C=N–C) groups is 1. The molecule has 2 aromatic carbocycles. The summed E-state index contributed by atoms with van der Waals surface area (Å²) in [5, 5.41) is 6.89. The van der Waals surface area contributed by atoms with Crippen molar-refractivity contribution >= 4 is 5.96 Å². The molecule has 0 unspecified atom stereocenters. The fraction of sp³-hybridized carbons (Fsp3) is 0.500. The summed E-state index contributed by atoms with van der Waals surface area (Å²) < 4.78 is 11.4. The quantitative estimate of drug-likeness (QED) is 0.486. The van der Waals surface area contributed by atoms with Gasteiger partial charge in [-0.25, -0.2) is 0 Å². The van der Waals surface area contributed by atoms with Gasteiger partial charge in [-0.3, -0.25) is 9.89 Å². The summed E-state index contributed by atoms with van der Waals surface area (Å²) in [5.74, 6) is 0.794. The molecule has 0 radical (unpaired) electrons. The van der Waals surface area contributed by atoms with Crippen molar-refractivity contribution in [1.29, 1.82) is 0 Å². The molecule has 2 N–H and O–H groups in total. The van der Waals surface area contributed by atoms with E-state index >= 15 is 0 Å². The van der Waals surface area contributed by atoms with Crippen LogP contribution in [0.15, 0.2) is 53.5 Å². The van der Waals surface area contributed by atoms with Crippen LogP contribution in [0, 0.1) is 0 Å². The van der Waals surface area contributed by atoms with Crippen LogP contribution in [0.25, 0.3) is 0 Å². The summed E-state index contributed by atoms with van der Waals surface area (Å²) in [6.45, 7) is 12.9. The molecule has 0 saturated carbocycles. The zero-order chi connectivity index (χ0) is 22.8. The minimum atomic E-state index is -0.141. The van der Waals surface area contributed by atoms with Gasteiger partial charge in [-0.2, -0.15) is 0 Å². The molecule has 0 bridgehead atoms. The Balaban J connectivity index is 1.51. The third-order valence-electron chi connectivity index (χ3n) is 5.41. The van der Waals surface area contributed by atoms with Crippen LogP contribution in [0.4, 0.5) is 0 Å². The van der Waals surface area contributed by atoms with Gasteiger partial charge in [-0.15, -0.1) is 0 Å². The second-order valence-electron chi connectivity index (χ2n) is 9.16. The van der Waals surface area contributed by atoms with Crippen LogP contribution in [-0.2, 0) is 35.7 Å². The number of ether oxygens (including phenoxy) is 2. The molecule has 0 spiro atoms. The van der Waals surface area contributed by atoms with E-state index in [0.29, 0.717) is 13.2 Å². The average molecular weight is 439 g/mol. The van der Waals surface area contributed by atoms with Crippen LogP contribution in [0.3, 0.4) is 0 Å². The van der Waals surface area contributed by atoms with Gasteiger partial charge in [0.25, 0.3) is 0 Å². The van der Waals surface area contributed by atoms with Crippen LogP contribution in [0.2, 0.25) is 0 Å². The number of benzene rings is 2. The monoisotopic (exact) mass is 438 g/mol. The van der Waals surface area contributed by atoms with Crippen molar-refractivity contribution in [3.05, 3.63) is 70.8 Å². The van der Waals surface area contributed by atoms with Gasteiger partial charge in [0.15, 0.2) is 5.96 Å². The highest BCUT2D eigenvalue weighted by atomic mass is 16.5. The van der Waals surface area contributed by atoms with Crippen LogP contribution in [0.5, 0.6) is 0 Å². The van der Waals surface area contributed by atoms with Gasteiger partial charge in [-0.1, -0.05) is 48.5 Å². The van der Waals surface area contributed by atoms with E-state index in [1.165, 1.54) is 22.3 Å². The standard InChI is InChI=1S/C26H38N4O2/c1-26(2,3)32-20-22-9-7-8-21(16-22)17-28-25(27-4)29-18-23-10-5-6-11-24(23)19-30-12-14-31-15-13-30/h5-11,16H,12-15,17-20H2,1-4H3,(H2,27,28,29). The largest absolute Gasteiger partial charge is 0.379 e. The summed E-state index contributed by atoms with van der Waals surface area (Å²) in [4.78, 5) is 6.85. The Hall–Kier alpha value is -2.41. The molecule has 1 saturated heterocycles. The summed E-state index contributed by atoms with van der Waals surface area (Å²) in [7, 11) is 1.81. The molecule has 1 heterocycles. The zero-order valence-corrected chi connectivity index (χ0v) is 20.0. The zero-order valence-electron chi connectivity index (χ0n) is 20.0. The fourth-order valence-electron chi connectivity index (χ4n) is 3.60. The lowest BCUT2D eigenvalue weighted by atomic mass is 10.1. The predicted molar refractivity (Wildman–Crippen MR) is 131 cm³/mol. The highest BCUT2D eigenvalue weighted by Gasteiger charge is 2.13. The summed E-state index contributed by atoms with van der Waals surface area (Å²) in [5.41, 5.74) is 4.89. The maximum absolute atomic E-state index is 5.90. The molecule has 174 valence electrons. The van der Waals surface area contributed by atoms with Gasteiger partial charge in [0.1, 0.15) is 0 Å². The normalized spacial score (nSPS) is 15.6. The maximum Gasteiger partial charge on any atom is 0.191 e. The highest BCUT2D eigenvalue weighted by molar-refractivity contribution is 5.79. The van der Waals surface area contributed by atoms with E-state index in [0.717, 1.165) is 45.4 Å². The Bertz CT molecular complexity index is 870. The number of hydrogen-bond acceptors (Lipinski definition) is 4. The van der Waals surface area contributed by atoms with E-state index < -0.39 is 0 Å². The van der Waals surface area contributed by atoms with Crippen molar-refractivity contribution in [2.75, 3.05) is 33.4 Å². The molecule has 1 fully saturated rings. The summed E-state index contributed by atoms with van der Waals surface area (Å²) >= 11 is 0. The van der Waals surface area contributed by atoms with E-state index in [1.54, 1.807) is 0 Å². The first-order valence-corrected chi connectivity index (χ1v) is 11.5. The van der Waals surface area contributed by atoms with E-state index in [9.17, 15) is 0 Å². The van der Waals surface area contributed by atoms with Crippen molar-refractivity contribution in [3.8, 4) is 0 Å². The van der Waals surface area contributed by atoms with E-state index in [-0.39, 0.29) is 5.60 Å². The Morgan fingerprint density at radius 3 is 2.38 bits per heavy atom. The SMILES string of the molecule is CN=C(NCc1cccc(COC(C)(C)C)c1)NCc1ccccc1CN1CCOCC1. The number of nitrogens with zero attached hydrogens (tertiary/aromatic N) is 2. The first-order valence-electron chi connectivity index (χ1n) is 11.5. The van der Waals surface area contributed by atoms with Gasteiger partial charge >= 0.3 is 0 Å². The maximum atomic E-state index is 5.90. The van der Waals surface area contributed by atoms with Crippen molar-refractivity contribution in [2.24, 2.45) is 4.99 Å². The lowest BCUT2D eigenvalue weighted by Gasteiger charge is -2.27. The topological polar surface area (TPSA) is 58.1 Å². The van der Waals surface area contributed by atoms with E-state index in [2.05, 4.69) is 89.8 Å². The molecule has 0 amide bonds. The smallest absolute Gasteiger partial charge is 0.191 e. The van der Waals surface area contributed by atoms with Crippen molar-refractivity contribution in [2.45, 2.75) is 52.6 Å². The van der Waals surface area contributed by atoms with Crippen molar-refractivity contribution < 1.29 is 9.47 Å².